The van der Waals surface area contributed by atoms with Crippen LogP contribution in [0.5, 0.6) is 5.75 Å². The summed E-state index contributed by atoms with van der Waals surface area (Å²) in [5.74, 6) is 0.991. The van der Waals surface area contributed by atoms with Gasteiger partial charge in [-0.3, -0.25) is 0 Å². The molecule has 0 unspecified atom stereocenters. The summed E-state index contributed by atoms with van der Waals surface area (Å²) >= 11 is 0. The molecule has 0 saturated carbocycles. The number of benzene rings is 1. The summed E-state index contributed by atoms with van der Waals surface area (Å²) < 4.78 is 11.1. The highest BCUT2D eigenvalue weighted by atomic mass is 16.5. The fourth-order valence-electron chi connectivity index (χ4n) is 1.72. The van der Waals surface area contributed by atoms with Crippen LogP contribution in [0.3, 0.4) is 0 Å². The SMILES string of the molecule is CCOCCOc1c(C)cccc1CNC(C)C. The van der Waals surface area contributed by atoms with Gasteiger partial charge in [0.25, 0.3) is 0 Å². The Bertz CT molecular complexity index is 350. The fraction of sp³-hybridized carbons (Fsp3) is 0.600. The first-order valence-corrected chi connectivity index (χ1v) is 6.67. The largest absolute Gasteiger partial charge is 0.491 e. The van der Waals surface area contributed by atoms with Gasteiger partial charge in [0.05, 0.1) is 6.61 Å². The van der Waals surface area contributed by atoms with Gasteiger partial charge in [0, 0.05) is 24.8 Å². The molecule has 1 aromatic carbocycles. The predicted octanol–water partition coefficient (Wildman–Crippen LogP) is 2.91. The van der Waals surface area contributed by atoms with Crippen molar-refractivity contribution < 1.29 is 9.47 Å². The maximum atomic E-state index is 5.84. The minimum Gasteiger partial charge on any atom is -0.491 e. The molecule has 0 amide bonds. The molecule has 0 fully saturated rings. The first-order valence-electron chi connectivity index (χ1n) is 6.67. The Morgan fingerprint density at radius 3 is 2.67 bits per heavy atom. The summed E-state index contributed by atoms with van der Waals surface area (Å²) in [4.78, 5) is 0. The van der Waals surface area contributed by atoms with Gasteiger partial charge in [-0.25, -0.2) is 0 Å². The standard InChI is InChI=1S/C15H25NO2/c1-5-17-9-10-18-15-13(4)7-6-8-14(15)11-16-12(2)3/h6-8,12,16H,5,9-11H2,1-4H3. The summed E-state index contributed by atoms with van der Waals surface area (Å²) in [5, 5.41) is 3.42. The molecule has 0 atom stereocenters. The van der Waals surface area contributed by atoms with Crippen molar-refractivity contribution in [2.45, 2.75) is 40.3 Å². The molecule has 3 nitrogen and oxygen atoms in total. The summed E-state index contributed by atoms with van der Waals surface area (Å²) in [6, 6.07) is 6.73. The smallest absolute Gasteiger partial charge is 0.126 e. The highest BCUT2D eigenvalue weighted by Crippen LogP contribution is 2.23. The third-order valence-corrected chi connectivity index (χ3v) is 2.67. The third kappa shape index (κ3) is 5.07. The Kier molecular flexibility index (Phi) is 6.76. The normalized spacial score (nSPS) is 10.9. The van der Waals surface area contributed by atoms with E-state index < -0.39 is 0 Å². The molecule has 1 rings (SSSR count). The zero-order valence-electron chi connectivity index (χ0n) is 12.0. The predicted molar refractivity (Wildman–Crippen MR) is 75.1 cm³/mol. The fourth-order valence-corrected chi connectivity index (χ4v) is 1.72. The van der Waals surface area contributed by atoms with E-state index in [1.165, 1.54) is 11.1 Å². The van der Waals surface area contributed by atoms with E-state index in [0.29, 0.717) is 19.3 Å². The summed E-state index contributed by atoms with van der Waals surface area (Å²) in [5.41, 5.74) is 2.38. The molecule has 1 N–H and O–H groups in total. The van der Waals surface area contributed by atoms with Gasteiger partial charge in [0.15, 0.2) is 0 Å². The number of para-hydroxylation sites is 1. The van der Waals surface area contributed by atoms with Crippen LogP contribution in [-0.4, -0.2) is 25.9 Å². The zero-order chi connectivity index (χ0) is 13.4. The van der Waals surface area contributed by atoms with E-state index in [4.69, 9.17) is 9.47 Å². The molecule has 0 saturated heterocycles. The van der Waals surface area contributed by atoms with E-state index in [0.717, 1.165) is 18.9 Å². The van der Waals surface area contributed by atoms with Crippen molar-refractivity contribution in [2.24, 2.45) is 0 Å². The van der Waals surface area contributed by atoms with Crippen molar-refractivity contribution in [3.8, 4) is 5.75 Å². The number of hydrogen-bond acceptors (Lipinski definition) is 3. The second-order valence-electron chi connectivity index (χ2n) is 4.64. The van der Waals surface area contributed by atoms with E-state index in [9.17, 15) is 0 Å². The van der Waals surface area contributed by atoms with Crippen LogP contribution in [0, 0.1) is 6.92 Å². The molecule has 0 radical (unpaired) electrons. The molecule has 0 aliphatic rings. The average Bonchev–Trinajstić information content (AvgIpc) is 2.34. The molecule has 0 aliphatic heterocycles. The molecule has 3 heteroatoms. The number of rotatable bonds is 8. The molecule has 18 heavy (non-hydrogen) atoms. The van der Waals surface area contributed by atoms with Crippen LogP contribution in [0.4, 0.5) is 0 Å². The Morgan fingerprint density at radius 1 is 1.22 bits per heavy atom. The monoisotopic (exact) mass is 251 g/mol. The van der Waals surface area contributed by atoms with Crippen LogP contribution < -0.4 is 10.1 Å². The van der Waals surface area contributed by atoms with Crippen LogP contribution in [0.1, 0.15) is 31.9 Å². The van der Waals surface area contributed by atoms with E-state index in [-0.39, 0.29) is 0 Å². The quantitative estimate of drug-likeness (QED) is 0.721. The topological polar surface area (TPSA) is 30.5 Å². The molecule has 0 heterocycles. The molecule has 0 aromatic heterocycles. The molecular weight excluding hydrogens is 226 g/mol. The van der Waals surface area contributed by atoms with Crippen LogP contribution in [-0.2, 0) is 11.3 Å². The van der Waals surface area contributed by atoms with Crippen molar-refractivity contribution in [2.75, 3.05) is 19.8 Å². The molecule has 1 aromatic rings. The van der Waals surface area contributed by atoms with Gasteiger partial charge in [0.2, 0.25) is 0 Å². The van der Waals surface area contributed by atoms with E-state index >= 15 is 0 Å². The van der Waals surface area contributed by atoms with Gasteiger partial charge in [-0.05, 0) is 19.4 Å². The number of nitrogens with one attached hydrogen (secondary N) is 1. The third-order valence-electron chi connectivity index (χ3n) is 2.67. The molecule has 0 bridgehead atoms. The van der Waals surface area contributed by atoms with Gasteiger partial charge < -0.3 is 14.8 Å². The molecule has 102 valence electrons. The highest BCUT2D eigenvalue weighted by molar-refractivity contribution is 5.40. The minimum absolute atomic E-state index is 0.474. The van der Waals surface area contributed by atoms with E-state index in [1.54, 1.807) is 0 Å². The van der Waals surface area contributed by atoms with Crippen LogP contribution in [0.2, 0.25) is 0 Å². The van der Waals surface area contributed by atoms with Crippen molar-refractivity contribution in [1.29, 1.82) is 0 Å². The van der Waals surface area contributed by atoms with Gasteiger partial charge in [0.1, 0.15) is 12.4 Å². The van der Waals surface area contributed by atoms with Crippen molar-refractivity contribution in [3.05, 3.63) is 29.3 Å². The lowest BCUT2D eigenvalue weighted by atomic mass is 10.1. The van der Waals surface area contributed by atoms with Crippen LogP contribution in [0.25, 0.3) is 0 Å². The Labute approximate surface area is 110 Å². The highest BCUT2D eigenvalue weighted by Gasteiger charge is 2.07. The zero-order valence-corrected chi connectivity index (χ0v) is 12.0. The van der Waals surface area contributed by atoms with Crippen molar-refractivity contribution in [1.82, 2.24) is 5.32 Å². The van der Waals surface area contributed by atoms with Gasteiger partial charge in [-0.2, -0.15) is 0 Å². The number of ether oxygens (including phenoxy) is 2. The Balaban J connectivity index is 2.62. The maximum Gasteiger partial charge on any atom is 0.126 e. The van der Waals surface area contributed by atoms with Crippen molar-refractivity contribution in [3.63, 3.8) is 0 Å². The molecule has 0 spiro atoms. The summed E-state index contributed by atoms with van der Waals surface area (Å²) in [6.07, 6.45) is 0. The van der Waals surface area contributed by atoms with Gasteiger partial charge >= 0.3 is 0 Å². The van der Waals surface area contributed by atoms with Crippen LogP contribution in [0.15, 0.2) is 18.2 Å². The van der Waals surface area contributed by atoms with Crippen molar-refractivity contribution >= 4 is 0 Å². The first kappa shape index (κ1) is 15.0. The molecule has 0 aliphatic carbocycles. The lowest BCUT2D eigenvalue weighted by Gasteiger charge is -2.15. The first-order chi connectivity index (χ1) is 8.65. The lowest BCUT2D eigenvalue weighted by Crippen LogP contribution is -2.22. The number of hydrogen-bond donors (Lipinski definition) is 1. The second kappa shape index (κ2) is 8.11. The Morgan fingerprint density at radius 2 is 2.00 bits per heavy atom. The minimum atomic E-state index is 0.474. The van der Waals surface area contributed by atoms with Gasteiger partial charge in [-0.15, -0.1) is 0 Å². The van der Waals surface area contributed by atoms with E-state index in [2.05, 4.69) is 44.3 Å². The number of aryl methyl sites for hydroxylation is 1. The molecular formula is C15H25NO2. The maximum absolute atomic E-state index is 5.84. The summed E-state index contributed by atoms with van der Waals surface area (Å²) in [6.45, 7) is 11.2. The van der Waals surface area contributed by atoms with E-state index in [1.807, 2.05) is 6.92 Å². The average molecular weight is 251 g/mol. The van der Waals surface area contributed by atoms with Gasteiger partial charge in [-0.1, -0.05) is 32.0 Å². The summed E-state index contributed by atoms with van der Waals surface area (Å²) in [7, 11) is 0. The lowest BCUT2D eigenvalue weighted by molar-refractivity contribution is 0.109. The second-order valence-corrected chi connectivity index (χ2v) is 4.64. The van der Waals surface area contributed by atoms with Crippen LogP contribution >= 0.6 is 0 Å². The Hall–Kier alpha value is -1.06.